The molecule has 3 N–H and O–H groups in total. The molecule has 0 saturated carbocycles. The van der Waals surface area contributed by atoms with Crippen molar-refractivity contribution < 1.29 is 24.9 Å². The molecule has 0 saturated heterocycles. The number of hydrogen-bond acceptors (Lipinski definition) is 3. The standard InChI is InChI=1S/C16H12O5/c17-12-6-3-5-10(8-12)14(16(20)21)9-11-4-1-2-7-13(11)15(18)19/h1-9,17H,(H,18,19)(H,20,21)/b14-9-. The second kappa shape index (κ2) is 5.92. The van der Waals surface area contributed by atoms with Crippen LogP contribution in [0.3, 0.4) is 0 Å². The third kappa shape index (κ3) is 3.27. The lowest BCUT2D eigenvalue weighted by atomic mass is 10.00. The summed E-state index contributed by atoms with van der Waals surface area (Å²) in [6.07, 6.45) is 1.28. The molecule has 0 aliphatic heterocycles. The fourth-order valence-electron chi connectivity index (χ4n) is 1.92. The van der Waals surface area contributed by atoms with Gasteiger partial charge in [0.15, 0.2) is 0 Å². The van der Waals surface area contributed by atoms with E-state index >= 15 is 0 Å². The van der Waals surface area contributed by atoms with E-state index in [1.165, 1.54) is 42.5 Å². The highest BCUT2D eigenvalue weighted by molar-refractivity contribution is 6.21. The first kappa shape index (κ1) is 14.3. The number of hydrogen-bond donors (Lipinski definition) is 3. The van der Waals surface area contributed by atoms with Gasteiger partial charge in [-0.15, -0.1) is 0 Å². The Hall–Kier alpha value is -3.08. The van der Waals surface area contributed by atoms with E-state index in [-0.39, 0.29) is 22.4 Å². The first-order valence-electron chi connectivity index (χ1n) is 6.06. The Morgan fingerprint density at radius 2 is 1.67 bits per heavy atom. The van der Waals surface area contributed by atoms with Gasteiger partial charge in [-0.2, -0.15) is 0 Å². The summed E-state index contributed by atoms with van der Waals surface area (Å²) in [5.74, 6) is -2.41. The van der Waals surface area contributed by atoms with Crippen LogP contribution in [0.5, 0.6) is 5.75 Å². The monoisotopic (exact) mass is 284 g/mol. The van der Waals surface area contributed by atoms with Gasteiger partial charge in [-0.05, 0) is 35.4 Å². The Balaban J connectivity index is 2.59. The normalized spacial score (nSPS) is 11.1. The van der Waals surface area contributed by atoms with E-state index in [9.17, 15) is 19.8 Å². The van der Waals surface area contributed by atoms with Crippen LogP contribution in [0.2, 0.25) is 0 Å². The SMILES string of the molecule is O=C(O)/C(=C\c1ccccc1C(=O)O)c1cccc(O)c1. The topological polar surface area (TPSA) is 94.8 Å². The molecule has 0 radical (unpaired) electrons. The number of phenols is 1. The van der Waals surface area contributed by atoms with E-state index < -0.39 is 11.9 Å². The second-order valence-electron chi connectivity index (χ2n) is 4.31. The Morgan fingerprint density at radius 3 is 2.29 bits per heavy atom. The predicted molar refractivity (Wildman–Crippen MR) is 77.0 cm³/mol. The van der Waals surface area contributed by atoms with Crippen LogP contribution in [0.4, 0.5) is 0 Å². The number of aromatic hydroxyl groups is 1. The second-order valence-corrected chi connectivity index (χ2v) is 4.31. The number of phenolic OH excluding ortho intramolecular Hbond substituents is 1. The van der Waals surface area contributed by atoms with Crippen molar-refractivity contribution in [3.63, 3.8) is 0 Å². The molecule has 0 aromatic heterocycles. The Labute approximate surface area is 120 Å². The maximum atomic E-state index is 11.4. The lowest BCUT2D eigenvalue weighted by molar-refractivity contribution is -0.130. The lowest BCUT2D eigenvalue weighted by Gasteiger charge is -2.06. The van der Waals surface area contributed by atoms with Crippen LogP contribution in [0.25, 0.3) is 11.6 Å². The van der Waals surface area contributed by atoms with Crippen molar-refractivity contribution in [2.45, 2.75) is 0 Å². The van der Waals surface area contributed by atoms with Gasteiger partial charge in [0.1, 0.15) is 5.75 Å². The maximum absolute atomic E-state index is 11.4. The summed E-state index contributed by atoms with van der Waals surface area (Å²) < 4.78 is 0. The van der Waals surface area contributed by atoms with Crippen molar-refractivity contribution in [3.05, 3.63) is 65.2 Å². The van der Waals surface area contributed by atoms with Gasteiger partial charge in [-0.25, -0.2) is 9.59 Å². The molecule has 0 aliphatic carbocycles. The van der Waals surface area contributed by atoms with E-state index in [0.29, 0.717) is 5.56 Å². The highest BCUT2D eigenvalue weighted by Gasteiger charge is 2.14. The van der Waals surface area contributed by atoms with Gasteiger partial charge < -0.3 is 15.3 Å². The minimum atomic E-state index is -1.21. The number of aromatic carboxylic acids is 1. The molecule has 106 valence electrons. The molecule has 0 heterocycles. The molecule has 5 nitrogen and oxygen atoms in total. The summed E-state index contributed by atoms with van der Waals surface area (Å²) in [7, 11) is 0. The van der Waals surface area contributed by atoms with E-state index in [0.717, 1.165) is 0 Å². The molecule has 0 amide bonds. The van der Waals surface area contributed by atoms with Gasteiger partial charge in [-0.3, -0.25) is 0 Å². The largest absolute Gasteiger partial charge is 0.508 e. The summed E-state index contributed by atoms with van der Waals surface area (Å²) in [4.78, 5) is 22.5. The van der Waals surface area contributed by atoms with Gasteiger partial charge in [0.05, 0.1) is 11.1 Å². The van der Waals surface area contributed by atoms with Crippen LogP contribution >= 0.6 is 0 Å². The number of carboxylic acid groups (broad SMARTS) is 2. The molecule has 2 rings (SSSR count). The van der Waals surface area contributed by atoms with Crippen LogP contribution in [0, 0.1) is 0 Å². The third-order valence-corrected chi connectivity index (χ3v) is 2.88. The number of benzene rings is 2. The van der Waals surface area contributed by atoms with Gasteiger partial charge in [0, 0.05) is 0 Å². The zero-order valence-corrected chi connectivity index (χ0v) is 10.9. The van der Waals surface area contributed by atoms with Crippen molar-refractivity contribution >= 4 is 23.6 Å². The quantitative estimate of drug-likeness (QED) is 0.592. The fourth-order valence-corrected chi connectivity index (χ4v) is 1.92. The van der Waals surface area contributed by atoms with Crippen molar-refractivity contribution in [1.82, 2.24) is 0 Å². The molecule has 0 atom stereocenters. The molecule has 0 spiro atoms. The molecular weight excluding hydrogens is 272 g/mol. The molecule has 5 heteroatoms. The van der Waals surface area contributed by atoms with Gasteiger partial charge in [0.25, 0.3) is 0 Å². The zero-order chi connectivity index (χ0) is 15.4. The van der Waals surface area contributed by atoms with E-state index in [2.05, 4.69) is 0 Å². The van der Waals surface area contributed by atoms with Crippen LogP contribution in [0.15, 0.2) is 48.5 Å². The average Bonchev–Trinajstić information content (AvgIpc) is 2.44. The predicted octanol–water partition coefficient (Wildman–Crippen LogP) is 2.72. The van der Waals surface area contributed by atoms with Crippen molar-refractivity contribution in [2.75, 3.05) is 0 Å². The Bertz CT molecular complexity index is 731. The third-order valence-electron chi connectivity index (χ3n) is 2.88. The van der Waals surface area contributed by atoms with Crippen LogP contribution in [-0.2, 0) is 4.79 Å². The number of aliphatic carboxylic acids is 1. The Kier molecular flexibility index (Phi) is 4.04. The molecule has 0 fully saturated rings. The zero-order valence-electron chi connectivity index (χ0n) is 10.9. The summed E-state index contributed by atoms with van der Waals surface area (Å²) in [6.45, 7) is 0. The first-order chi connectivity index (χ1) is 9.99. The fraction of sp³-hybridized carbons (Fsp3) is 0. The van der Waals surface area contributed by atoms with Gasteiger partial charge in [-0.1, -0.05) is 30.3 Å². The minimum Gasteiger partial charge on any atom is -0.508 e. The smallest absolute Gasteiger partial charge is 0.336 e. The molecule has 2 aromatic carbocycles. The van der Waals surface area contributed by atoms with E-state index in [1.54, 1.807) is 12.1 Å². The summed E-state index contributed by atoms with van der Waals surface area (Å²) >= 11 is 0. The van der Waals surface area contributed by atoms with E-state index in [1.807, 2.05) is 0 Å². The lowest BCUT2D eigenvalue weighted by Crippen LogP contribution is -2.02. The molecule has 2 aromatic rings. The van der Waals surface area contributed by atoms with E-state index in [4.69, 9.17) is 5.11 Å². The highest BCUT2D eigenvalue weighted by Crippen LogP contribution is 2.23. The maximum Gasteiger partial charge on any atom is 0.336 e. The first-order valence-corrected chi connectivity index (χ1v) is 6.06. The molecule has 21 heavy (non-hydrogen) atoms. The highest BCUT2D eigenvalue weighted by atomic mass is 16.4. The summed E-state index contributed by atoms with van der Waals surface area (Å²) in [6, 6.07) is 11.9. The molecule has 0 aliphatic rings. The summed E-state index contributed by atoms with van der Waals surface area (Å²) in [5, 5.41) is 27.9. The van der Waals surface area contributed by atoms with Crippen molar-refractivity contribution in [3.8, 4) is 5.75 Å². The molecular formula is C16H12O5. The minimum absolute atomic E-state index is 0.0106. The number of carbonyl (C=O) groups is 2. The Morgan fingerprint density at radius 1 is 0.952 bits per heavy atom. The summed E-state index contributed by atoms with van der Waals surface area (Å²) in [5.41, 5.74) is 0.490. The van der Waals surface area contributed by atoms with Crippen LogP contribution in [0.1, 0.15) is 21.5 Å². The van der Waals surface area contributed by atoms with Crippen LogP contribution < -0.4 is 0 Å². The van der Waals surface area contributed by atoms with Crippen LogP contribution in [-0.4, -0.2) is 27.3 Å². The number of rotatable bonds is 4. The van der Waals surface area contributed by atoms with Crippen molar-refractivity contribution in [1.29, 1.82) is 0 Å². The number of carboxylic acids is 2. The van der Waals surface area contributed by atoms with Crippen molar-refractivity contribution in [2.24, 2.45) is 0 Å². The molecule has 0 unspecified atom stereocenters. The molecule has 0 bridgehead atoms. The average molecular weight is 284 g/mol. The van der Waals surface area contributed by atoms with Gasteiger partial charge in [0.2, 0.25) is 0 Å². The van der Waals surface area contributed by atoms with Gasteiger partial charge >= 0.3 is 11.9 Å².